The van der Waals surface area contributed by atoms with Crippen molar-refractivity contribution in [2.45, 2.75) is 38.0 Å². The molecule has 1 aliphatic carbocycles. The Balaban J connectivity index is 1.96. The van der Waals surface area contributed by atoms with Gasteiger partial charge in [-0.15, -0.1) is 0 Å². The largest absolute Gasteiger partial charge is 0.409 e. The van der Waals surface area contributed by atoms with Gasteiger partial charge in [0.05, 0.1) is 6.10 Å². The Bertz CT molecular complexity index is 450. The summed E-state index contributed by atoms with van der Waals surface area (Å²) in [6.45, 7) is 0.721. The maximum absolute atomic E-state index is 8.64. The predicted octanol–water partition coefficient (Wildman–Crippen LogP) is 0.833. The summed E-state index contributed by atoms with van der Waals surface area (Å²) in [5.41, 5.74) is 7.06. The van der Waals surface area contributed by atoms with Gasteiger partial charge in [0.15, 0.2) is 5.84 Å². The first-order valence-electron chi connectivity index (χ1n) is 6.43. The van der Waals surface area contributed by atoms with Crippen LogP contribution in [-0.4, -0.2) is 35.3 Å². The van der Waals surface area contributed by atoms with Crippen LogP contribution in [0.2, 0.25) is 0 Å². The quantitative estimate of drug-likeness (QED) is 0.317. The maximum Gasteiger partial charge on any atom is 0.188 e. The molecule has 1 heterocycles. The van der Waals surface area contributed by atoms with Crippen molar-refractivity contribution in [2.75, 3.05) is 7.11 Å². The summed E-state index contributed by atoms with van der Waals surface area (Å²) < 4.78 is 5.44. The highest BCUT2D eigenvalue weighted by Crippen LogP contribution is 2.21. The number of hydrogen-bond acceptors (Lipinski definition) is 5. The second kappa shape index (κ2) is 6.49. The third-order valence-corrected chi connectivity index (χ3v) is 3.52. The van der Waals surface area contributed by atoms with Crippen molar-refractivity contribution in [2.24, 2.45) is 10.9 Å². The molecule has 0 amide bonds. The number of pyridine rings is 1. The van der Waals surface area contributed by atoms with Crippen molar-refractivity contribution < 1.29 is 9.94 Å². The van der Waals surface area contributed by atoms with Crippen molar-refractivity contribution in [1.82, 2.24) is 10.3 Å². The van der Waals surface area contributed by atoms with Crippen LogP contribution in [0.25, 0.3) is 0 Å². The van der Waals surface area contributed by atoms with Crippen LogP contribution < -0.4 is 11.1 Å². The standard InChI is InChI=1S/C13H20N4O2/c1-19-12-4-2-3-10(12)16-8-9-5-6-15-11(7-9)13(14)17-18/h5-7,10,12,16,18H,2-4,8H2,1H3,(H2,14,17). The average Bonchev–Trinajstić information content (AvgIpc) is 2.92. The lowest BCUT2D eigenvalue weighted by molar-refractivity contribution is 0.0847. The molecule has 1 fully saturated rings. The molecule has 1 aromatic rings. The molecule has 0 bridgehead atoms. The fourth-order valence-electron chi connectivity index (χ4n) is 2.47. The molecule has 0 saturated heterocycles. The molecular weight excluding hydrogens is 244 g/mol. The van der Waals surface area contributed by atoms with E-state index in [1.807, 2.05) is 12.1 Å². The van der Waals surface area contributed by atoms with Crippen molar-refractivity contribution in [3.8, 4) is 0 Å². The lowest BCUT2D eigenvalue weighted by Gasteiger charge is -2.19. The zero-order chi connectivity index (χ0) is 13.7. The molecule has 0 aliphatic heterocycles. The van der Waals surface area contributed by atoms with Crippen LogP contribution in [0, 0.1) is 0 Å². The molecule has 0 aromatic carbocycles. The molecular formula is C13H20N4O2. The van der Waals surface area contributed by atoms with Gasteiger partial charge in [0, 0.05) is 25.9 Å². The molecule has 2 atom stereocenters. The summed E-state index contributed by atoms with van der Waals surface area (Å²) in [5.74, 6) is 0.0254. The van der Waals surface area contributed by atoms with Gasteiger partial charge in [-0.05, 0) is 37.0 Å². The molecule has 2 unspecified atom stereocenters. The number of hydrogen-bond donors (Lipinski definition) is 3. The molecule has 1 saturated carbocycles. The minimum Gasteiger partial charge on any atom is -0.409 e. The number of ether oxygens (including phenoxy) is 1. The minimum absolute atomic E-state index is 0.0254. The first kappa shape index (κ1) is 13.8. The lowest BCUT2D eigenvalue weighted by atomic mass is 10.1. The highest BCUT2D eigenvalue weighted by atomic mass is 16.5. The van der Waals surface area contributed by atoms with Crippen LogP contribution in [-0.2, 0) is 11.3 Å². The number of oxime groups is 1. The molecule has 0 spiro atoms. The van der Waals surface area contributed by atoms with E-state index in [4.69, 9.17) is 15.7 Å². The lowest BCUT2D eigenvalue weighted by Crippen LogP contribution is -2.36. The Kier molecular flexibility index (Phi) is 4.70. The fraction of sp³-hybridized carbons (Fsp3) is 0.538. The van der Waals surface area contributed by atoms with Gasteiger partial charge in [0.25, 0.3) is 0 Å². The van der Waals surface area contributed by atoms with E-state index < -0.39 is 0 Å². The average molecular weight is 264 g/mol. The van der Waals surface area contributed by atoms with Gasteiger partial charge in [-0.25, -0.2) is 0 Å². The van der Waals surface area contributed by atoms with Gasteiger partial charge >= 0.3 is 0 Å². The Morgan fingerprint density at radius 1 is 1.63 bits per heavy atom. The van der Waals surface area contributed by atoms with Gasteiger partial charge in [0.2, 0.25) is 0 Å². The minimum atomic E-state index is 0.0254. The fourth-order valence-corrected chi connectivity index (χ4v) is 2.47. The van der Waals surface area contributed by atoms with Crippen LogP contribution >= 0.6 is 0 Å². The first-order valence-corrected chi connectivity index (χ1v) is 6.43. The summed E-state index contributed by atoms with van der Waals surface area (Å²) in [6, 6.07) is 4.13. The van der Waals surface area contributed by atoms with Crippen LogP contribution in [0.4, 0.5) is 0 Å². The summed E-state index contributed by atoms with van der Waals surface area (Å²) in [6.07, 6.45) is 5.40. The smallest absolute Gasteiger partial charge is 0.188 e. The summed E-state index contributed by atoms with van der Waals surface area (Å²) in [4.78, 5) is 4.05. The van der Waals surface area contributed by atoms with E-state index in [0.717, 1.165) is 24.9 Å². The van der Waals surface area contributed by atoms with Crippen LogP contribution in [0.3, 0.4) is 0 Å². The van der Waals surface area contributed by atoms with Gasteiger partial charge in [-0.3, -0.25) is 4.98 Å². The Hall–Kier alpha value is -1.66. The zero-order valence-corrected chi connectivity index (χ0v) is 11.0. The summed E-state index contributed by atoms with van der Waals surface area (Å²) >= 11 is 0. The second-order valence-electron chi connectivity index (χ2n) is 4.73. The van der Waals surface area contributed by atoms with Crippen LogP contribution in [0.5, 0.6) is 0 Å². The van der Waals surface area contributed by atoms with E-state index in [-0.39, 0.29) is 5.84 Å². The molecule has 1 aliphatic rings. The first-order chi connectivity index (χ1) is 9.24. The number of nitrogens with one attached hydrogen (secondary N) is 1. The number of nitrogens with zero attached hydrogens (tertiary/aromatic N) is 2. The van der Waals surface area contributed by atoms with Crippen molar-refractivity contribution in [3.63, 3.8) is 0 Å². The number of amidine groups is 1. The van der Waals surface area contributed by atoms with Crippen molar-refractivity contribution in [3.05, 3.63) is 29.6 Å². The highest BCUT2D eigenvalue weighted by molar-refractivity contribution is 5.95. The number of aromatic nitrogens is 1. The SMILES string of the molecule is COC1CCCC1NCc1ccnc(C(N)=NO)c1. The molecule has 6 nitrogen and oxygen atoms in total. The number of methoxy groups -OCH3 is 1. The van der Waals surface area contributed by atoms with E-state index in [9.17, 15) is 0 Å². The molecule has 104 valence electrons. The van der Waals surface area contributed by atoms with E-state index >= 15 is 0 Å². The summed E-state index contributed by atoms with van der Waals surface area (Å²) in [5, 5.41) is 15.1. The molecule has 0 radical (unpaired) electrons. The molecule has 2 rings (SSSR count). The van der Waals surface area contributed by atoms with Gasteiger partial charge < -0.3 is 21.0 Å². The van der Waals surface area contributed by atoms with Crippen LogP contribution in [0.1, 0.15) is 30.5 Å². The van der Waals surface area contributed by atoms with Gasteiger partial charge in [-0.1, -0.05) is 5.16 Å². The van der Waals surface area contributed by atoms with E-state index in [1.54, 1.807) is 13.3 Å². The van der Waals surface area contributed by atoms with E-state index in [1.165, 1.54) is 6.42 Å². The molecule has 1 aromatic heterocycles. The van der Waals surface area contributed by atoms with Gasteiger partial charge in [0.1, 0.15) is 5.69 Å². The molecule has 19 heavy (non-hydrogen) atoms. The third-order valence-electron chi connectivity index (χ3n) is 3.52. The van der Waals surface area contributed by atoms with Crippen LogP contribution in [0.15, 0.2) is 23.5 Å². The number of nitrogens with two attached hydrogens (primary N) is 1. The highest BCUT2D eigenvalue weighted by Gasteiger charge is 2.26. The Morgan fingerprint density at radius 3 is 3.21 bits per heavy atom. The Morgan fingerprint density at radius 2 is 2.47 bits per heavy atom. The van der Waals surface area contributed by atoms with Gasteiger partial charge in [-0.2, -0.15) is 0 Å². The molecule has 4 N–H and O–H groups in total. The second-order valence-corrected chi connectivity index (χ2v) is 4.73. The van der Waals surface area contributed by atoms with E-state index in [0.29, 0.717) is 17.8 Å². The monoisotopic (exact) mass is 264 g/mol. The van der Waals surface area contributed by atoms with E-state index in [2.05, 4.69) is 15.5 Å². The normalized spacial score (nSPS) is 23.7. The van der Waals surface area contributed by atoms with Crippen molar-refractivity contribution >= 4 is 5.84 Å². The topological polar surface area (TPSA) is 92.8 Å². The zero-order valence-electron chi connectivity index (χ0n) is 11.0. The predicted molar refractivity (Wildman–Crippen MR) is 72.0 cm³/mol. The van der Waals surface area contributed by atoms with Crippen molar-refractivity contribution in [1.29, 1.82) is 0 Å². The maximum atomic E-state index is 8.64. The summed E-state index contributed by atoms with van der Waals surface area (Å²) in [7, 11) is 1.76. The molecule has 6 heteroatoms. The third kappa shape index (κ3) is 3.42. The Labute approximate surface area is 112 Å². The number of rotatable bonds is 5.